The zero-order valence-corrected chi connectivity index (χ0v) is 14.0. The fourth-order valence-corrected chi connectivity index (χ4v) is 2.08. The summed E-state index contributed by atoms with van der Waals surface area (Å²) in [6, 6.07) is 0. The summed E-state index contributed by atoms with van der Waals surface area (Å²) in [6.45, 7) is 10.2. The molecule has 0 spiro atoms. The molecule has 0 aliphatic carbocycles. The van der Waals surface area contributed by atoms with Gasteiger partial charge in [-0.1, -0.05) is 13.8 Å². The van der Waals surface area contributed by atoms with Gasteiger partial charge >= 0.3 is 0 Å². The summed E-state index contributed by atoms with van der Waals surface area (Å²) in [6.07, 6.45) is 3.36. The van der Waals surface area contributed by atoms with E-state index in [0.717, 1.165) is 19.3 Å². The minimum Gasteiger partial charge on any atom is -0.375 e. The molecule has 2 amide bonds. The molecular weight excluding hydrogens is 270 g/mol. The number of rotatable bonds is 10. The van der Waals surface area contributed by atoms with Gasteiger partial charge in [0.05, 0.1) is 5.60 Å². The van der Waals surface area contributed by atoms with E-state index >= 15 is 0 Å². The third kappa shape index (κ3) is 8.02. The van der Waals surface area contributed by atoms with Crippen molar-refractivity contribution in [2.75, 3.05) is 6.61 Å². The van der Waals surface area contributed by atoms with Crippen LogP contribution < -0.4 is 16.6 Å². The average molecular weight is 301 g/mol. The number of hydrogen-bond donors (Lipinski definition) is 3. The first-order valence-corrected chi connectivity index (χ1v) is 7.62. The van der Waals surface area contributed by atoms with Crippen molar-refractivity contribution in [3.63, 3.8) is 0 Å². The lowest BCUT2D eigenvalue weighted by Gasteiger charge is -2.33. The van der Waals surface area contributed by atoms with Crippen LogP contribution in [0.2, 0.25) is 0 Å². The maximum atomic E-state index is 11.2. The fraction of sp³-hybridized carbons (Fsp3) is 0.867. The van der Waals surface area contributed by atoms with E-state index in [4.69, 9.17) is 10.6 Å². The Labute approximate surface area is 128 Å². The lowest BCUT2D eigenvalue weighted by Crippen LogP contribution is -2.46. The summed E-state index contributed by atoms with van der Waals surface area (Å²) in [5.74, 6) is 4.87. The molecule has 0 saturated heterocycles. The molecule has 0 aliphatic heterocycles. The highest BCUT2D eigenvalue weighted by molar-refractivity contribution is 5.75. The Hall–Kier alpha value is -1.14. The van der Waals surface area contributed by atoms with Crippen molar-refractivity contribution < 1.29 is 14.3 Å². The van der Waals surface area contributed by atoms with Crippen LogP contribution in [-0.4, -0.2) is 29.6 Å². The van der Waals surface area contributed by atoms with E-state index in [-0.39, 0.29) is 23.0 Å². The third-order valence-corrected chi connectivity index (χ3v) is 4.15. The number of amides is 2. The van der Waals surface area contributed by atoms with Crippen molar-refractivity contribution >= 4 is 11.8 Å². The second-order valence-corrected chi connectivity index (χ2v) is 6.06. The standard InChI is InChI=1S/C15H31N3O3/c1-6-14(4,17-12(3)19)10-11-21-15(5,7-2)9-8-13(20)18-16/h6-11,16H2,1-5H3,(H,17,19)(H,18,20). The molecule has 6 heteroatoms. The Bertz CT molecular complexity index is 349. The number of nitrogens with one attached hydrogen (secondary N) is 2. The van der Waals surface area contributed by atoms with Gasteiger partial charge < -0.3 is 10.1 Å². The first-order valence-electron chi connectivity index (χ1n) is 7.62. The highest BCUT2D eigenvalue weighted by Gasteiger charge is 2.27. The van der Waals surface area contributed by atoms with Crippen molar-refractivity contribution in [2.24, 2.45) is 5.84 Å². The van der Waals surface area contributed by atoms with Gasteiger partial charge in [0.2, 0.25) is 11.8 Å². The zero-order valence-electron chi connectivity index (χ0n) is 14.0. The molecule has 4 N–H and O–H groups in total. The van der Waals surface area contributed by atoms with Crippen LogP contribution in [0.1, 0.15) is 66.7 Å². The number of nitrogens with two attached hydrogens (primary N) is 1. The third-order valence-electron chi connectivity index (χ3n) is 4.15. The molecule has 0 radical (unpaired) electrons. The van der Waals surface area contributed by atoms with Crippen LogP contribution in [0.4, 0.5) is 0 Å². The van der Waals surface area contributed by atoms with Gasteiger partial charge in [0, 0.05) is 25.5 Å². The Morgan fingerprint density at radius 1 is 1.14 bits per heavy atom. The normalized spacial score (nSPS) is 16.7. The fourth-order valence-electron chi connectivity index (χ4n) is 2.08. The molecule has 0 bridgehead atoms. The van der Waals surface area contributed by atoms with Crippen molar-refractivity contribution in [1.29, 1.82) is 0 Å². The number of hydrogen-bond acceptors (Lipinski definition) is 4. The topological polar surface area (TPSA) is 93.4 Å². The van der Waals surface area contributed by atoms with Crippen LogP contribution in [0.15, 0.2) is 0 Å². The Morgan fingerprint density at radius 3 is 2.19 bits per heavy atom. The van der Waals surface area contributed by atoms with E-state index in [2.05, 4.69) is 10.7 Å². The number of hydrazine groups is 1. The van der Waals surface area contributed by atoms with Gasteiger partial charge in [-0.25, -0.2) is 5.84 Å². The quantitative estimate of drug-likeness (QED) is 0.325. The number of carbonyl (C=O) groups is 2. The molecule has 0 saturated carbocycles. The summed E-state index contributed by atoms with van der Waals surface area (Å²) in [7, 11) is 0. The van der Waals surface area contributed by atoms with Gasteiger partial charge in [-0.15, -0.1) is 0 Å². The van der Waals surface area contributed by atoms with Gasteiger partial charge in [-0.05, 0) is 39.5 Å². The molecule has 0 aromatic carbocycles. The number of ether oxygens (including phenoxy) is 1. The van der Waals surface area contributed by atoms with Gasteiger partial charge in [0.1, 0.15) is 0 Å². The molecule has 0 rings (SSSR count). The highest BCUT2D eigenvalue weighted by Crippen LogP contribution is 2.24. The molecule has 0 aromatic heterocycles. The summed E-state index contributed by atoms with van der Waals surface area (Å²) in [5.41, 5.74) is 1.53. The molecular formula is C15H31N3O3. The largest absolute Gasteiger partial charge is 0.375 e. The van der Waals surface area contributed by atoms with Gasteiger partial charge in [-0.2, -0.15) is 0 Å². The predicted octanol–water partition coefficient (Wildman–Crippen LogP) is 1.64. The molecule has 0 heterocycles. The van der Waals surface area contributed by atoms with Gasteiger partial charge in [0.25, 0.3) is 0 Å². The van der Waals surface area contributed by atoms with E-state index in [1.54, 1.807) is 0 Å². The highest BCUT2D eigenvalue weighted by atomic mass is 16.5. The lowest BCUT2D eigenvalue weighted by atomic mass is 9.93. The molecule has 0 fully saturated rings. The summed E-state index contributed by atoms with van der Waals surface area (Å²) >= 11 is 0. The van der Waals surface area contributed by atoms with Crippen molar-refractivity contribution in [2.45, 2.75) is 77.9 Å². The van der Waals surface area contributed by atoms with Crippen molar-refractivity contribution in [3.8, 4) is 0 Å². The molecule has 0 aromatic rings. The van der Waals surface area contributed by atoms with Crippen LogP contribution in [0.3, 0.4) is 0 Å². The maximum absolute atomic E-state index is 11.2. The van der Waals surface area contributed by atoms with E-state index < -0.39 is 0 Å². The first kappa shape index (κ1) is 19.9. The summed E-state index contributed by atoms with van der Waals surface area (Å²) in [5, 5.41) is 2.97. The minimum atomic E-state index is -0.350. The SMILES string of the molecule is CCC(C)(CCOC(C)(CC)CCC(=O)NN)NC(C)=O. The second-order valence-electron chi connectivity index (χ2n) is 6.06. The molecule has 2 atom stereocenters. The zero-order chi connectivity index (χ0) is 16.5. The van der Waals surface area contributed by atoms with Crippen LogP contribution in [0.5, 0.6) is 0 Å². The first-order chi connectivity index (χ1) is 9.70. The van der Waals surface area contributed by atoms with E-state index in [0.29, 0.717) is 19.4 Å². The van der Waals surface area contributed by atoms with Crippen LogP contribution in [0.25, 0.3) is 0 Å². The molecule has 6 nitrogen and oxygen atoms in total. The van der Waals surface area contributed by atoms with Crippen molar-refractivity contribution in [3.05, 3.63) is 0 Å². The van der Waals surface area contributed by atoms with Crippen LogP contribution in [0, 0.1) is 0 Å². The van der Waals surface area contributed by atoms with Crippen LogP contribution >= 0.6 is 0 Å². The summed E-state index contributed by atoms with van der Waals surface area (Å²) < 4.78 is 5.98. The van der Waals surface area contributed by atoms with Crippen LogP contribution in [-0.2, 0) is 14.3 Å². The smallest absolute Gasteiger partial charge is 0.233 e. The average Bonchev–Trinajstić information content (AvgIpc) is 2.44. The second kappa shape index (κ2) is 9.00. The molecule has 124 valence electrons. The van der Waals surface area contributed by atoms with Gasteiger partial charge in [-0.3, -0.25) is 15.0 Å². The van der Waals surface area contributed by atoms with E-state index in [9.17, 15) is 9.59 Å². The number of carbonyl (C=O) groups excluding carboxylic acids is 2. The predicted molar refractivity (Wildman–Crippen MR) is 83.3 cm³/mol. The monoisotopic (exact) mass is 301 g/mol. The Balaban J connectivity index is 4.37. The maximum Gasteiger partial charge on any atom is 0.233 e. The van der Waals surface area contributed by atoms with Gasteiger partial charge in [0.15, 0.2) is 0 Å². The Kier molecular flexibility index (Phi) is 8.51. The molecule has 21 heavy (non-hydrogen) atoms. The molecule has 0 aliphatic rings. The minimum absolute atomic E-state index is 0.0304. The molecule has 2 unspecified atom stereocenters. The lowest BCUT2D eigenvalue weighted by molar-refractivity contribution is -0.124. The Morgan fingerprint density at radius 2 is 1.76 bits per heavy atom. The van der Waals surface area contributed by atoms with E-state index in [1.165, 1.54) is 6.92 Å². The summed E-state index contributed by atoms with van der Waals surface area (Å²) in [4.78, 5) is 22.5. The van der Waals surface area contributed by atoms with E-state index in [1.807, 2.05) is 27.7 Å². The van der Waals surface area contributed by atoms with Crippen molar-refractivity contribution in [1.82, 2.24) is 10.7 Å².